The van der Waals surface area contributed by atoms with Gasteiger partial charge in [0.1, 0.15) is 0 Å². The molecule has 0 unspecified atom stereocenters. The normalized spacial score (nSPS) is 14.8. The molecule has 3 rings (SSSR count). The molecule has 1 amide bonds. The number of fused-ring (bicyclic) bond motifs is 1. The number of benzene rings is 1. The molecule has 1 heterocycles. The molecular formula is C18H19N3O3. The Kier molecular flexibility index (Phi) is 4.74. The van der Waals surface area contributed by atoms with E-state index >= 15 is 0 Å². The fraction of sp³-hybridized carbons (Fsp3) is 0.278. The Balaban J connectivity index is 1.79. The summed E-state index contributed by atoms with van der Waals surface area (Å²) in [5, 5.41) is 4.28. The first kappa shape index (κ1) is 16.0. The Labute approximate surface area is 140 Å². The largest absolute Gasteiger partial charge is 0.493 e. The third kappa shape index (κ3) is 3.22. The summed E-state index contributed by atoms with van der Waals surface area (Å²) in [5.41, 5.74) is 5.92. The predicted octanol–water partition coefficient (Wildman–Crippen LogP) is 2.57. The number of aromatic nitrogens is 1. The molecule has 6 nitrogen and oxygen atoms in total. The maximum Gasteiger partial charge on any atom is 0.271 e. The molecule has 0 fully saturated rings. The number of pyridine rings is 1. The number of aryl methyl sites for hydroxylation is 1. The molecule has 0 spiro atoms. The van der Waals surface area contributed by atoms with E-state index < -0.39 is 0 Å². The summed E-state index contributed by atoms with van der Waals surface area (Å²) in [6.45, 7) is 0. The molecule has 1 aromatic heterocycles. The van der Waals surface area contributed by atoms with Gasteiger partial charge in [-0.15, -0.1) is 0 Å². The monoisotopic (exact) mass is 325 g/mol. The zero-order chi connectivity index (χ0) is 16.9. The highest BCUT2D eigenvalue weighted by atomic mass is 16.5. The third-order valence-electron chi connectivity index (χ3n) is 3.96. The van der Waals surface area contributed by atoms with Crippen molar-refractivity contribution in [3.8, 4) is 11.5 Å². The van der Waals surface area contributed by atoms with Crippen molar-refractivity contribution in [1.29, 1.82) is 0 Å². The van der Waals surface area contributed by atoms with Gasteiger partial charge in [-0.2, -0.15) is 5.10 Å². The molecule has 1 N–H and O–H groups in total. The number of hydrazone groups is 1. The van der Waals surface area contributed by atoms with E-state index in [0.717, 1.165) is 30.7 Å². The van der Waals surface area contributed by atoms with Crippen LogP contribution in [0.1, 0.15) is 34.5 Å². The molecule has 124 valence electrons. The van der Waals surface area contributed by atoms with Crippen LogP contribution >= 0.6 is 0 Å². The van der Waals surface area contributed by atoms with Crippen molar-refractivity contribution >= 4 is 11.6 Å². The number of ether oxygens (including phenoxy) is 2. The van der Waals surface area contributed by atoms with Gasteiger partial charge in [0, 0.05) is 11.8 Å². The summed E-state index contributed by atoms with van der Waals surface area (Å²) in [7, 11) is 3.08. The molecule has 6 heteroatoms. The third-order valence-corrected chi connectivity index (χ3v) is 3.96. The van der Waals surface area contributed by atoms with Gasteiger partial charge in [-0.1, -0.05) is 6.07 Å². The average Bonchev–Trinajstić information content (AvgIpc) is 2.65. The summed E-state index contributed by atoms with van der Waals surface area (Å²) >= 11 is 0. The summed E-state index contributed by atoms with van der Waals surface area (Å²) in [6.07, 6.45) is 4.54. The maximum absolute atomic E-state index is 12.3. The predicted molar refractivity (Wildman–Crippen MR) is 90.7 cm³/mol. The molecule has 2 aromatic rings. The minimum Gasteiger partial charge on any atom is -0.493 e. The fourth-order valence-electron chi connectivity index (χ4n) is 2.73. The second kappa shape index (κ2) is 7.12. The molecule has 1 aliphatic rings. The molecule has 0 atom stereocenters. The molecule has 0 aliphatic heterocycles. The molecule has 1 aliphatic carbocycles. The molecule has 0 saturated carbocycles. The lowest BCUT2D eigenvalue weighted by molar-refractivity contribution is 0.0954. The molecule has 1 aromatic carbocycles. The van der Waals surface area contributed by atoms with Gasteiger partial charge in [0.15, 0.2) is 11.5 Å². The van der Waals surface area contributed by atoms with Gasteiger partial charge in [0.25, 0.3) is 5.91 Å². The van der Waals surface area contributed by atoms with Crippen LogP contribution in [-0.4, -0.2) is 30.8 Å². The first-order valence-electron chi connectivity index (χ1n) is 7.76. The maximum atomic E-state index is 12.3. The zero-order valence-corrected chi connectivity index (χ0v) is 13.7. The second-order valence-corrected chi connectivity index (χ2v) is 5.43. The fourth-order valence-corrected chi connectivity index (χ4v) is 2.73. The number of hydrogen-bond acceptors (Lipinski definition) is 5. The van der Waals surface area contributed by atoms with Crippen LogP contribution in [0, 0.1) is 0 Å². The molecule has 0 saturated heterocycles. The number of carbonyl (C=O) groups excluding carboxylic acids is 1. The molecular weight excluding hydrogens is 306 g/mol. The van der Waals surface area contributed by atoms with Crippen LogP contribution in [0.2, 0.25) is 0 Å². The quantitative estimate of drug-likeness (QED) is 0.877. The number of amides is 1. The highest BCUT2D eigenvalue weighted by Gasteiger charge is 2.17. The number of hydrogen-bond donors (Lipinski definition) is 1. The van der Waals surface area contributed by atoms with Gasteiger partial charge in [-0.25, -0.2) is 5.43 Å². The van der Waals surface area contributed by atoms with Crippen molar-refractivity contribution in [2.24, 2.45) is 5.10 Å². The Hall–Kier alpha value is -2.89. The van der Waals surface area contributed by atoms with Crippen molar-refractivity contribution in [2.75, 3.05) is 14.2 Å². The Morgan fingerprint density at radius 1 is 1.17 bits per heavy atom. The standard InChI is InChI=1S/C18H19N3O3/c1-23-15-9-8-13(11-16(15)24-2)18(22)21-20-14-7-3-5-12-6-4-10-19-17(12)14/h4,6,8-11H,3,5,7H2,1-2H3,(H,21,22)/b20-14+. The van der Waals surface area contributed by atoms with Crippen LogP contribution in [0.25, 0.3) is 0 Å². The Morgan fingerprint density at radius 3 is 2.79 bits per heavy atom. The zero-order valence-electron chi connectivity index (χ0n) is 13.7. The highest BCUT2D eigenvalue weighted by molar-refractivity contribution is 6.02. The van der Waals surface area contributed by atoms with E-state index in [4.69, 9.17) is 9.47 Å². The van der Waals surface area contributed by atoms with Crippen molar-refractivity contribution in [1.82, 2.24) is 10.4 Å². The lowest BCUT2D eigenvalue weighted by Gasteiger charge is -2.16. The molecule has 24 heavy (non-hydrogen) atoms. The van der Waals surface area contributed by atoms with E-state index in [1.54, 1.807) is 31.5 Å². The highest BCUT2D eigenvalue weighted by Crippen LogP contribution is 2.27. The van der Waals surface area contributed by atoms with Crippen molar-refractivity contribution in [3.05, 3.63) is 53.3 Å². The van der Waals surface area contributed by atoms with Gasteiger partial charge < -0.3 is 9.47 Å². The Morgan fingerprint density at radius 2 is 2.00 bits per heavy atom. The van der Waals surface area contributed by atoms with Crippen LogP contribution in [0.4, 0.5) is 0 Å². The topological polar surface area (TPSA) is 72.8 Å². The van der Waals surface area contributed by atoms with Gasteiger partial charge in [0.2, 0.25) is 0 Å². The van der Waals surface area contributed by atoms with Crippen molar-refractivity contribution in [3.63, 3.8) is 0 Å². The van der Waals surface area contributed by atoms with Crippen molar-refractivity contribution in [2.45, 2.75) is 19.3 Å². The van der Waals surface area contributed by atoms with E-state index in [2.05, 4.69) is 15.5 Å². The lowest BCUT2D eigenvalue weighted by Crippen LogP contribution is -2.22. The van der Waals surface area contributed by atoms with Crippen LogP contribution in [0.5, 0.6) is 11.5 Å². The first-order valence-corrected chi connectivity index (χ1v) is 7.76. The Bertz CT molecular complexity index is 787. The lowest BCUT2D eigenvalue weighted by atomic mass is 9.95. The summed E-state index contributed by atoms with van der Waals surface area (Å²) in [5.74, 6) is 0.778. The summed E-state index contributed by atoms with van der Waals surface area (Å²) in [6, 6.07) is 8.96. The number of nitrogens with one attached hydrogen (secondary N) is 1. The van der Waals surface area contributed by atoms with E-state index in [1.165, 1.54) is 12.7 Å². The van der Waals surface area contributed by atoms with Gasteiger partial charge in [0.05, 0.1) is 25.6 Å². The van der Waals surface area contributed by atoms with Crippen LogP contribution in [0.3, 0.4) is 0 Å². The van der Waals surface area contributed by atoms with Crippen LogP contribution in [0.15, 0.2) is 41.6 Å². The second-order valence-electron chi connectivity index (χ2n) is 5.43. The number of methoxy groups -OCH3 is 2. The van der Waals surface area contributed by atoms with Crippen LogP contribution in [-0.2, 0) is 6.42 Å². The summed E-state index contributed by atoms with van der Waals surface area (Å²) < 4.78 is 10.4. The molecule has 0 bridgehead atoms. The number of carbonyl (C=O) groups is 1. The first-order chi connectivity index (χ1) is 11.7. The van der Waals surface area contributed by atoms with E-state index in [-0.39, 0.29) is 5.91 Å². The minimum absolute atomic E-state index is 0.300. The van der Waals surface area contributed by atoms with E-state index in [0.29, 0.717) is 17.1 Å². The summed E-state index contributed by atoms with van der Waals surface area (Å²) in [4.78, 5) is 16.7. The number of nitrogens with zero attached hydrogens (tertiary/aromatic N) is 2. The van der Waals surface area contributed by atoms with Crippen LogP contribution < -0.4 is 14.9 Å². The number of rotatable bonds is 4. The van der Waals surface area contributed by atoms with Gasteiger partial charge >= 0.3 is 0 Å². The smallest absolute Gasteiger partial charge is 0.271 e. The van der Waals surface area contributed by atoms with E-state index in [9.17, 15) is 4.79 Å². The molecule has 0 radical (unpaired) electrons. The average molecular weight is 325 g/mol. The van der Waals surface area contributed by atoms with Gasteiger partial charge in [-0.05, 0) is 49.1 Å². The van der Waals surface area contributed by atoms with Gasteiger partial charge in [-0.3, -0.25) is 9.78 Å². The van der Waals surface area contributed by atoms with E-state index in [1.807, 2.05) is 12.1 Å². The minimum atomic E-state index is -0.300. The SMILES string of the molecule is COc1ccc(C(=O)N/N=C2\CCCc3cccnc32)cc1OC. The van der Waals surface area contributed by atoms with Crippen molar-refractivity contribution < 1.29 is 14.3 Å².